The van der Waals surface area contributed by atoms with E-state index in [9.17, 15) is 4.79 Å². The van der Waals surface area contributed by atoms with Crippen molar-refractivity contribution in [2.45, 2.75) is 55.8 Å². The molecular formula is C23H31N5O3S. The fraction of sp³-hybridized carbons (Fsp3) is 0.609. The molecule has 0 spiro atoms. The highest BCUT2D eigenvalue weighted by molar-refractivity contribution is 7.99. The monoisotopic (exact) mass is 457 g/mol. The Morgan fingerprint density at radius 3 is 2.59 bits per heavy atom. The second-order valence-corrected chi connectivity index (χ2v) is 9.66. The lowest BCUT2D eigenvalue weighted by molar-refractivity contribution is -0.129. The maximum absolute atomic E-state index is 13.3. The van der Waals surface area contributed by atoms with Gasteiger partial charge in [0.25, 0.3) is 0 Å². The summed E-state index contributed by atoms with van der Waals surface area (Å²) >= 11 is 1.52. The zero-order valence-corrected chi connectivity index (χ0v) is 19.6. The number of amides is 1. The molecule has 3 aliphatic rings. The predicted molar refractivity (Wildman–Crippen MR) is 124 cm³/mol. The fourth-order valence-electron chi connectivity index (χ4n) is 4.85. The Balaban J connectivity index is 1.30. The van der Waals surface area contributed by atoms with Crippen molar-refractivity contribution in [3.05, 3.63) is 23.8 Å². The second-order valence-electron chi connectivity index (χ2n) is 8.72. The topological polar surface area (TPSA) is 72.7 Å². The van der Waals surface area contributed by atoms with Crippen molar-refractivity contribution in [3.63, 3.8) is 0 Å². The van der Waals surface area contributed by atoms with E-state index >= 15 is 0 Å². The Hall–Kier alpha value is -2.42. The van der Waals surface area contributed by atoms with Crippen LogP contribution in [0.3, 0.4) is 0 Å². The minimum atomic E-state index is 0.00890. The fourth-order valence-corrected chi connectivity index (χ4v) is 5.74. The van der Waals surface area contributed by atoms with Crippen molar-refractivity contribution >= 4 is 23.6 Å². The van der Waals surface area contributed by atoms with Gasteiger partial charge in [-0.25, -0.2) is 0 Å². The molecule has 0 unspecified atom stereocenters. The lowest BCUT2D eigenvalue weighted by Crippen LogP contribution is -2.32. The highest BCUT2D eigenvalue weighted by atomic mass is 32.2. The van der Waals surface area contributed by atoms with Gasteiger partial charge in [0.15, 0.2) is 5.16 Å². The van der Waals surface area contributed by atoms with Crippen molar-refractivity contribution in [2.24, 2.45) is 0 Å². The van der Waals surface area contributed by atoms with Crippen LogP contribution in [0, 0.1) is 0 Å². The molecule has 1 atom stereocenters. The van der Waals surface area contributed by atoms with E-state index in [0.717, 1.165) is 60.6 Å². The summed E-state index contributed by atoms with van der Waals surface area (Å²) in [5.74, 6) is 3.07. The molecule has 5 rings (SSSR count). The minimum absolute atomic E-state index is 0.00890. The molecule has 0 bridgehead atoms. The molecule has 3 heterocycles. The highest BCUT2D eigenvalue weighted by Gasteiger charge is 2.35. The third-order valence-electron chi connectivity index (χ3n) is 6.64. The van der Waals surface area contributed by atoms with Gasteiger partial charge in [0, 0.05) is 31.2 Å². The summed E-state index contributed by atoms with van der Waals surface area (Å²) < 4.78 is 13.3. The van der Waals surface area contributed by atoms with E-state index < -0.39 is 0 Å². The summed E-state index contributed by atoms with van der Waals surface area (Å²) in [6.07, 6.45) is 6.68. The average molecular weight is 458 g/mol. The summed E-state index contributed by atoms with van der Waals surface area (Å²) in [4.78, 5) is 17.6. The normalized spacial score (nSPS) is 20.8. The summed E-state index contributed by atoms with van der Waals surface area (Å²) in [5.41, 5.74) is 1.01. The number of benzene rings is 1. The number of hydrogen-bond acceptors (Lipinski definition) is 7. The first-order valence-electron chi connectivity index (χ1n) is 11.5. The minimum Gasteiger partial charge on any atom is -0.497 e. The number of carbonyl (C=O) groups excluding carboxylic acids is 1. The average Bonchev–Trinajstić information content (AvgIpc) is 3.24. The maximum Gasteiger partial charge on any atom is 0.233 e. The summed E-state index contributed by atoms with van der Waals surface area (Å²) in [5, 5.41) is 9.85. The van der Waals surface area contributed by atoms with E-state index in [2.05, 4.69) is 19.7 Å². The Morgan fingerprint density at radius 1 is 1.06 bits per heavy atom. The molecule has 3 fully saturated rings. The Morgan fingerprint density at radius 2 is 1.88 bits per heavy atom. The Kier molecular flexibility index (Phi) is 6.17. The molecule has 0 N–H and O–H groups in total. The van der Waals surface area contributed by atoms with Crippen molar-refractivity contribution < 1.29 is 14.3 Å². The molecule has 172 valence electrons. The van der Waals surface area contributed by atoms with Crippen molar-refractivity contribution in [1.29, 1.82) is 0 Å². The van der Waals surface area contributed by atoms with Crippen LogP contribution in [0.4, 0.5) is 5.95 Å². The zero-order valence-electron chi connectivity index (χ0n) is 18.8. The van der Waals surface area contributed by atoms with E-state index in [-0.39, 0.29) is 11.9 Å². The Bertz CT molecular complexity index is 971. The molecule has 1 aromatic heterocycles. The molecule has 1 aliphatic carbocycles. The van der Waals surface area contributed by atoms with E-state index in [4.69, 9.17) is 9.47 Å². The largest absolute Gasteiger partial charge is 0.497 e. The van der Waals surface area contributed by atoms with Crippen LogP contribution >= 0.6 is 11.8 Å². The first kappa shape index (κ1) is 21.4. The predicted octanol–water partition coefficient (Wildman–Crippen LogP) is 3.69. The highest BCUT2D eigenvalue weighted by Crippen LogP contribution is 2.42. The van der Waals surface area contributed by atoms with Crippen LogP contribution in [0.15, 0.2) is 23.4 Å². The quantitative estimate of drug-likeness (QED) is 0.560. The first-order chi connectivity index (χ1) is 15.7. The van der Waals surface area contributed by atoms with Gasteiger partial charge in [0.1, 0.15) is 11.5 Å². The van der Waals surface area contributed by atoms with Gasteiger partial charge < -0.3 is 19.3 Å². The maximum atomic E-state index is 13.3. The number of thioether (sulfide) groups is 1. The van der Waals surface area contributed by atoms with Crippen molar-refractivity contribution in [1.82, 2.24) is 19.7 Å². The first-order valence-corrected chi connectivity index (χ1v) is 12.5. The molecule has 2 saturated heterocycles. The number of nitrogens with zero attached hydrogens (tertiary/aromatic N) is 5. The van der Waals surface area contributed by atoms with Gasteiger partial charge in [0.05, 0.1) is 26.0 Å². The summed E-state index contributed by atoms with van der Waals surface area (Å²) in [7, 11) is 3.33. The van der Waals surface area contributed by atoms with Gasteiger partial charge in [-0.05, 0) is 56.7 Å². The molecule has 1 saturated carbocycles. The zero-order chi connectivity index (χ0) is 22.1. The van der Waals surface area contributed by atoms with E-state index in [1.165, 1.54) is 37.4 Å². The van der Waals surface area contributed by atoms with Gasteiger partial charge in [0.2, 0.25) is 11.9 Å². The van der Waals surface area contributed by atoms with Crippen molar-refractivity contribution in [2.75, 3.05) is 44.5 Å². The SMILES string of the molecule is COc1ccc(OC)c([C@H]2CCCN2C(=O)CSc2nnc(N3CCCC3)n2C2CC2)c1. The number of hydrogen-bond donors (Lipinski definition) is 0. The van der Waals surface area contributed by atoms with Crippen LogP contribution in [0.5, 0.6) is 11.5 Å². The van der Waals surface area contributed by atoms with Crippen molar-refractivity contribution in [3.8, 4) is 11.5 Å². The number of rotatable bonds is 8. The number of aromatic nitrogens is 3. The molecule has 2 aliphatic heterocycles. The standard InChI is InChI=1S/C23H31N5O3S/c1-30-17-9-10-20(31-2)18(14-17)19-6-5-13-27(19)21(29)15-32-23-25-24-22(26-11-3-4-12-26)28(23)16-7-8-16/h9-10,14,16,19H,3-8,11-13,15H2,1-2H3/t19-/m1/s1. The van der Waals surface area contributed by atoms with Crippen LogP contribution in [-0.2, 0) is 4.79 Å². The van der Waals surface area contributed by atoms with Crippen LogP contribution in [0.25, 0.3) is 0 Å². The van der Waals surface area contributed by atoms with Gasteiger partial charge in [-0.15, -0.1) is 10.2 Å². The molecule has 1 aromatic carbocycles. The summed E-state index contributed by atoms with van der Waals surface area (Å²) in [6, 6.07) is 6.30. The van der Waals surface area contributed by atoms with Crippen LogP contribution in [0.2, 0.25) is 0 Å². The van der Waals surface area contributed by atoms with Crippen LogP contribution in [0.1, 0.15) is 56.2 Å². The third kappa shape index (κ3) is 4.14. The number of ether oxygens (including phenoxy) is 2. The van der Waals surface area contributed by atoms with Crippen LogP contribution < -0.4 is 14.4 Å². The molecule has 32 heavy (non-hydrogen) atoms. The second kappa shape index (κ2) is 9.21. The summed E-state index contributed by atoms with van der Waals surface area (Å²) in [6.45, 7) is 2.86. The van der Waals surface area contributed by atoms with E-state index in [0.29, 0.717) is 11.8 Å². The lowest BCUT2D eigenvalue weighted by atomic mass is 10.0. The number of likely N-dealkylation sites (tertiary alicyclic amines) is 1. The van der Waals surface area contributed by atoms with Gasteiger partial charge in [-0.1, -0.05) is 11.8 Å². The third-order valence-corrected chi connectivity index (χ3v) is 7.57. The van der Waals surface area contributed by atoms with E-state index in [1.807, 2.05) is 23.1 Å². The van der Waals surface area contributed by atoms with Gasteiger partial charge in [-0.2, -0.15) is 0 Å². The Labute approximate surface area is 193 Å². The van der Waals surface area contributed by atoms with Crippen LogP contribution in [-0.4, -0.2) is 65.2 Å². The smallest absolute Gasteiger partial charge is 0.233 e. The molecule has 0 radical (unpaired) electrons. The van der Waals surface area contributed by atoms with E-state index in [1.54, 1.807) is 14.2 Å². The van der Waals surface area contributed by atoms with Gasteiger partial charge in [-0.3, -0.25) is 9.36 Å². The van der Waals surface area contributed by atoms with Gasteiger partial charge >= 0.3 is 0 Å². The lowest BCUT2D eigenvalue weighted by Gasteiger charge is -2.26. The molecule has 2 aromatic rings. The molecular weight excluding hydrogens is 426 g/mol. The number of carbonyl (C=O) groups is 1. The molecule has 9 heteroatoms. The number of anilines is 1. The molecule has 1 amide bonds. The molecule has 8 nitrogen and oxygen atoms in total. The number of methoxy groups -OCH3 is 2.